The Morgan fingerprint density at radius 1 is 1.10 bits per heavy atom. The highest BCUT2D eigenvalue weighted by Crippen LogP contribution is 2.21. The largest absolute Gasteiger partial charge is 0.369 e. The van der Waals surface area contributed by atoms with Crippen molar-refractivity contribution >= 4 is 11.6 Å². The Morgan fingerprint density at radius 3 is 2.43 bits per heavy atom. The molecule has 2 aliphatic heterocycles. The standard InChI is InChI=1S/C24H42N6/c1-6-25-24(26-17-23(19(2)3)29-15-13-28(5)14-16-29)27-21-11-12-30(18-21)22-9-7-20(4)8-10-22/h7-10,19,21,23H,6,11-18H2,1-5H3,(H2,25,26,27). The summed E-state index contributed by atoms with van der Waals surface area (Å²) in [5.74, 6) is 1.57. The van der Waals surface area contributed by atoms with E-state index < -0.39 is 0 Å². The molecule has 2 heterocycles. The van der Waals surface area contributed by atoms with Gasteiger partial charge in [-0.25, -0.2) is 0 Å². The van der Waals surface area contributed by atoms with E-state index in [2.05, 4.69) is 84.3 Å². The van der Waals surface area contributed by atoms with E-state index in [1.54, 1.807) is 0 Å². The first-order chi connectivity index (χ1) is 14.5. The Kier molecular flexibility index (Phi) is 8.40. The number of hydrogen-bond acceptors (Lipinski definition) is 4. The number of nitrogens with one attached hydrogen (secondary N) is 2. The Balaban J connectivity index is 1.57. The van der Waals surface area contributed by atoms with Gasteiger partial charge in [-0.3, -0.25) is 9.89 Å². The van der Waals surface area contributed by atoms with E-state index >= 15 is 0 Å². The molecular weight excluding hydrogens is 372 g/mol. The zero-order chi connectivity index (χ0) is 21.5. The lowest BCUT2D eigenvalue weighted by molar-refractivity contribution is 0.0925. The fourth-order valence-corrected chi connectivity index (χ4v) is 4.47. The van der Waals surface area contributed by atoms with Crippen molar-refractivity contribution in [1.29, 1.82) is 0 Å². The molecule has 2 N–H and O–H groups in total. The van der Waals surface area contributed by atoms with Gasteiger partial charge in [-0.15, -0.1) is 0 Å². The minimum Gasteiger partial charge on any atom is -0.369 e. The Labute approximate surface area is 183 Å². The summed E-state index contributed by atoms with van der Waals surface area (Å²) in [5, 5.41) is 7.17. The predicted octanol–water partition coefficient (Wildman–Crippen LogP) is 2.40. The van der Waals surface area contributed by atoms with Crippen LogP contribution in [-0.2, 0) is 0 Å². The summed E-state index contributed by atoms with van der Waals surface area (Å²) in [6.45, 7) is 17.4. The second kappa shape index (κ2) is 11.0. The maximum atomic E-state index is 5.02. The number of benzene rings is 1. The molecule has 2 fully saturated rings. The van der Waals surface area contributed by atoms with Gasteiger partial charge in [-0.2, -0.15) is 0 Å². The molecule has 2 saturated heterocycles. The van der Waals surface area contributed by atoms with Crippen molar-refractivity contribution in [2.45, 2.75) is 46.2 Å². The fourth-order valence-electron chi connectivity index (χ4n) is 4.47. The van der Waals surface area contributed by atoms with Crippen LogP contribution < -0.4 is 15.5 Å². The summed E-state index contributed by atoms with van der Waals surface area (Å²) in [4.78, 5) is 12.5. The normalized spacial score (nSPS) is 22.5. The minimum atomic E-state index is 0.435. The Hall–Kier alpha value is -1.79. The van der Waals surface area contributed by atoms with Gasteiger partial charge in [0.1, 0.15) is 0 Å². The molecule has 2 unspecified atom stereocenters. The molecule has 0 spiro atoms. The van der Waals surface area contributed by atoms with Crippen LogP contribution in [0.25, 0.3) is 0 Å². The highest BCUT2D eigenvalue weighted by Gasteiger charge is 2.26. The molecule has 1 aromatic carbocycles. The number of anilines is 1. The molecule has 6 nitrogen and oxygen atoms in total. The molecule has 1 aromatic rings. The number of aliphatic imine (C=N–C) groups is 1. The van der Waals surface area contributed by atoms with Crippen LogP contribution in [0.1, 0.15) is 32.8 Å². The van der Waals surface area contributed by atoms with E-state index in [-0.39, 0.29) is 0 Å². The first-order valence-corrected chi connectivity index (χ1v) is 11.7. The smallest absolute Gasteiger partial charge is 0.191 e. The van der Waals surface area contributed by atoms with Gasteiger partial charge in [0.2, 0.25) is 0 Å². The first kappa shape index (κ1) is 22.9. The van der Waals surface area contributed by atoms with Crippen LogP contribution in [0.4, 0.5) is 5.69 Å². The number of rotatable bonds is 7. The molecule has 0 saturated carbocycles. The monoisotopic (exact) mass is 414 g/mol. The van der Waals surface area contributed by atoms with Gasteiger partial charge >= 0.3 is 0 Å². The van der Waals surface area contributed by atoms with Gasteiger partial charge in [-0.1, -0.05) is 31.5 Å². The molecule has 2 atom stereocenters. The van der Waals surface area contributed by atoms with Crippen LogP contribution in [0.2, 0.25) is 0 Å². The van der Waals surface area contributed by atoms with Crippen LogP contribution >= 0.6 is 0 Å². The van der Waals surface area contributed by atoms with E-state index in [0.29, 0.717) is 18.0 Å². The summed E-state index contributed by atoms with van der Waals surface area (Å²) in [5.41, 5.74) is 2.64. The van der Waals surface area contributed by atoms with Crippen molar-refractivity contribution in [3.8, 4) is 0 Å². The summed E-state index contributed by atoms with van der Waals surface area (Å²) in [7, 11) is 2.22. The van der Waals surface area contributed by atoms with Crippen LogP contribution in [0.15, 0.2) is 29.3 Å². The predicted molar refractivity (Wildman–Crippen MR) is 129 cm³/mol. The van der Waals surface area contributed by atoms with E-state index in [9.17, 15) is 0 Å². The third-order valence-corrected chi connectivity index (χ3v) is 6.49. The minimum absolute atomic E-state index is 0.435. The maximum Gasteiger partial charge on any atom is 0.191 e. The van der Waals surface area contributed by atoms with Gasteiger partial charge in [0.25, 0.3) is 0 Å². The van der Waals surface area contributed by atoms with Crippen LogP contribution in [0.5, 0.6) is 0 Å². The average molecular weight is 415 g/mol. The Morgan fingerprint density at radius 2 is 1.80 bits per heavy atom. The lowest BCUT2D eigenvalue weighted by atomic mass is 10.0. The van der Waals surface area contributed by atoms with E-state index in [4.69, 9.17) is 4.99 Å². The van der Waals surface area contributed by atoms with Crippen molar-refractivity contribution in [3.63, 3.8) is 0 Å². The summed E-state index contributed by atoms with van der Waals surface area (Å²) >= 11 is 0. The fraction of sp³-hybridized carbons (Fsp3) is 0.708. The lowest BCUT2D eigenvalue weighted by Gasteiger charge is -2.39. The summed E-state index contributed by atoms with van der Waals surface area (Å²) < 4.78 is 0. The molecule has 6 heteroatoms. The highest BCUT2D eigenvalue weighted by atomic mass is 15.3. The number of guanidine groups is 1. The molecule has 0 amide bonds. The van der Waals surface area contributed by atoms with Crippen LogP contribution in [0.3, 0.4) is 0 Å². The highest BCUT2D eigenvalue weighted by molar-refractivity contribution is 5.80. The van der Waals surface area contributed by atoms with E-state index in [0.717, 1.165) is 64.7 Å². The molecule has 0 bridgehead atoms. The van der Waals surface area contributed by atoms with Crippen LogP contribution in [0, 0.1) is 12.8 Å². The number of hydrogen-bond donors (Lipinski definition) is 2. The van der Waals surface area contributed by atoms with Gasteiger partial charge in [0.05, 0.1) is 6.54 Å². The molecule has 30 heavy (non-hydrogen) atoms. The molecule has 3 rings (SSSR count). The third kappa shape index (κ3) is 6.35. The van der Waals surface area contributed by atoms with Crippen molar-refractivity contribution in [3.05, 3.63) is 29.8 Å². The first-order valence-electron chi connectivity index (χ1n) is 11.7. The lowest BCUT2D eigenvalue weighted by Crippen LogP contribution is -2.52. The number of likely N-dealkylation sites (N-methyl/N-ethyl adjacent to an activating group) is 1. The zero-order valence-electron chi connectivity index (χ0n) is 19.7. The zero-order valence-corrected chi connectivity index (χ0v) is 19.7. The molecule has 2 aliphatic rings. The van der Waals surface area contributed by atoms with E-state index in [1.165, 1.54) is 11.3 Å². The summed E-state index contributed by atoms with van der Waals surface area (Å²) in [6.07, 6.45) is 1.14. The molecular formula is C24H42N6. The van der Waals surface area contributed by atoms with E-state index in [1.807, 2.05) is 0 Å². The molecule has 168 valence electrons. The van der Waals surface area contributed by atoms with Gasteiger partial charge in [0, 0.05) is 63.6 Å². The average Bonchev–Trinajstić information content (AvgIpc) is 3.18. The Bertz CT molecular complexity index is 663. The second-order valence-electron chi connectivity index (χ2n) is 9.28. The second-order valence-corrected chi connectivity index (χ2v) is 9.28. The number of piperazine rings is 1. The van der Waals surface area contributed by atoms with Crippen LogP contribution in [-0.4, -0.2) is 87.2 Å². The topological polar surface area (TPSA) is 46.1 Å². The third-order valence-electron chi connectivity index (χ3n) is 6.49. The van der Waals surface area contributed by atoms with Crippen molar-refractivity contribution in [2.75, 3.05) is 64.3 Å². The van der Waals surface area contributed by atoms with Gasteiger partial charge < -0.3 is 20.4 Å². The SMILES string of the molecule is CCNC(=NCC(C(C)C)N1CCN(C)CC1)NC1CCN(c2ccc(C)cc2)C1. The molecule has 0 aromatic heterocycles. The van der Waals surface area contributed by atoms with Gasteiger partial charge in [0.15, 0.2) is 5.96 Å². The summed E-state index contributed by atoms with van der Waals surface area (Å²) in [6, 6.07) is 9.81. The van der Waals surface area contributed by atoms with Crippen molar-refractivity contribution in [2.24, 2.45) is 10.9 Å². The van der Waals surface area contributed by atoms with Gasteiger partial charge in [-0.05, 0) is 45.4 Å². The maximum absolute atomic E-state index is 5.02. The van der Waals surface area contributed by atoms with Crippen molar-refractivity contribution < 1.29 is 0 Å². The quantitative estimate of drug-likeness (QED) is 0.530. The molecule has 0 radical (unpaired) electrons. The number of aryl methyl sites for hydroxylation is 1. The van der Waals surface area contributed by atoms with Crippen molar-refractivity contribution in [1.82, 2.24) is 20.4 Å². The molecule has 0 aliphatic carbocycles. The number of nitrogens with zero attached hydrogens (tertiary/aromatic N) is 4.